The second-order valence-electron chi connectivity index (χ2n) is 2.16. The Balaban J connectivity index is -0.0000000833. The Morgan fingerprint density at radius 1 is 1.54 bits per heavy atom. The number of aliphatic imine (C=N–C) groups is 1. The summed E-state index contributed by atoms with van der Waals surface area (Å²) >= 11 is 0. The third kappa shape index (κ3) is 15.1. The van der Waals surface area contributed by atoms with Gasteiger partial charge < -0.3 is 14.3 Å². The smallest absolute Gasteiger partial charge is 1.00 e. The van der Waals surface area contributed by atoms with Crippen molar-refractivity contribution >= 4 is 62.1 Å². The van der Waals surface area contributed by atoms with Crippen molar-refractivity contribution in [3.05, 3.63) is 0 Å². The number of nitrogens with zero attached hydrogens (tertiary/aromatic N) is 1. The maximum Gasteiger partial charge on any atom is 2.00 e. The van der Waals surface area contributed by atoms with Crippen molar-refractivity contribution in [1.82, 2.24) is 5.32 Å². The molecule has 0 spiro atoms. The normalized spacial score (nSPS) is 9.46. The third-order valence-electron chi connectivity index (χ3n) is 1.06. The van der Waals surface area contributed by atoms with E-state index in [9.17, 15) is 0 Å². The van der Waals surface area contributed by atoms with Crippen LogP contribution in [-0.2, 0) is 0 Å². The molecule has 0 saturated heterocycles. The van der Waals surface area contributed by atoms with Crippen molar-refractivity contribution in [3.63, 3.8) is 0 Å². The van der Waals surface area contributed by atoms with Gasteiger partial charge in [0.25, 0.3) is 0 Å². The van der Waals surface area contributed by atoms with Gasteiger partial charge in [-0.05, 0) is 6.42 Å². The van der Waals surface area contributed by atoms with E-state index in [0.717, 1.165) is 12.8 Å². The quantitative estimate of drug-likeness (QED) is 0.237. The van der Waals surface area contributed by atoms with E-state index in [-0.39, 0.29) is 64.9 Å². The summed E-state index contributed by atoms with van der Waals surface area (Å²) in [5.41, 5.74) is 10.3. The molecule has 0 aliphatic carbocycles. The first-order valence-electron chi connectivity index (χ1n) is 3.57. The largest absolute Gasteiger partial charge is 2.00 e. The molecule has 0 aromatic carbocycles. The summed E-state index contributed by atoms with van der Waals surface area (Å²) in [4.78, 5) is 3.92. The fraction of sp³-hybridized carbons (Fsp3) is 0.667. The Kier molecular flexibility index (Phi) is 17.9. The van der Waals surface area contributed by atoms with E-state index in [1.54, 1.807) is 0 Å². The zero-order valence-electron chi connectivity index (χ0n) is 9.84. The van der Waals surface area contributed by atoms with Gasteiger partial charge in [-0.1, -0.05) is 13.3 Å². The number of guanidine groups is 2. The zero-order chi connectivity index (χ0) is 8.69. The molecule has 0 aliphatic heterocycles. The molecule has 6 N–H and O–H groups in total. The third-order valence-corrected chi connectivity index (χ3v) is 1.06. The molecule has 0 heterocycles. The molecule has 7 heteroatoms. The van der Waals surface area contributed by atoms with Gasteiger partial charge >= 0.3 is 37.7 Å². The minimum absolute atomic E-state index is 0. The molecule has 0 amide bonds. The average molecular weight is 236 g/mol. The first-order valence-corrected chi connectivity index (χ1v) is 3.57. The van der Waals surface area contributed by atoms with E-state index >= 15 is 0 Å². The van der Waals surface area contributed by atoms with Crippen molar-refractivity contribution in [2.24, 2.45) is 16.5 Å². The molecular formula is C6H18CaClN5. The van der Waals surface area contributed by atoms with Gasteiger partial charge in [-0.2, -0.15) is 0 Å². The molecule has 0 radical (unpaired) electrons. The summed E-state index contributed by atoms with van der Waals surface area (Å²) in [7, 11) is 0. The summed E-state index contributed by atoms with van der Waals surface area (Å²) in [5.74, 6) is 0.0358. The van der Waals surface area contributed by atoms with Crippen molar-refractivity contribution in [3.8, 4) is 0 Å². The van der Waals surface area contributed by atoms with Crippen molar-refractivity contribution < 1.29 is 2.85 Å². The van der Waals surface area contributed by atoms with Crippen LogP contribution < -0.4 is 16.8 Å². The average Bonchev–Trinajstić information content (AvgIpc) is 1.86. The zero-order valence-corrected chi connectivity index (χ0v) is 10.9. The summed E-state index contributed by atoms with van der Waals surface area (Å²) in [6.45, 7) is 2.76. The molecule has 0 fully saturated rings. The molecule has 0 bridgehead atoms. The number of hydrogen-bond donors (Lipinski definition) is 4. The summed E-state index contributed by atoms with van der Waals surface area (Å²) in [6, 6.07) is 0. The second kappa shape index (κ2) is 12.3. The van der Waals surface area contributed by atoms with Crippen LogP contribution in [0.15, 0.2) is 4.99 Å². The Hall–Kier alpha value is 0.290. The van der Waals surface area contributed by atoms with Crippen molar-refractivity contribution in [1.29, 1.82) is 5.41 Å². The van der Waals surface area contributed by atoms with Gasteiger partial charge in [0.15, 0.2) is 11.9 Å². The van der Waals surface area contributed by atoms with Crippen LogP contribution >= 0.6 is 12.4 Å². The van der Waals surface area contributed by atoms with Gasteiger partial charge in [0.05, 0.1) is 0 Å². The van der Waals surface area contributed by atoms with Gasteiger partial charge in [0.1, 0.15) is 0 Å². The molecular weight excluding hydrogens is 218 g/mol. The number of hydrogen-bond acceptors (Lipinski definition) is 2. The topological polar surface area (TPSA) is 100 Å². The maximum atomic E-state index is 6.81. The predicted octanol–water partition coefficient (Wildman–Crippen LogP) is -0.150. The Morgan fingerprint density at radius 3 is 2.46 bits per heavy atom. The van der Waals surface area contributed by atoms with Crippen LogP contribution in [-0.4, -0.2) is 56.2 Å². The van der Waals surface area contributed by atoms with Crippen LogP contribution in [0.2, 0.25) is 0 Å². The molecule has 0 aliphatic rings. The Morgan fingerprint density at radius 2 is 2.08 bits per heavy atom. The van der Waals surface area contributed by atoms with E-state index < -0.39 is 0 Å². The molecule has 0 saturated carbocycles. The first-order chi connectivity index (χ1) is 5.16. The van der Waals surface area contributed by atoms with Crippen LogP contribution in [0.25, 0.3) is 0 Å². The minimum Gasteiger partial charge on any atom is -1.00 e. The SMILES string of the molecule is CCCCN=C(N)NC(=N)N.Cl.[Ca+2].[H-].[H-]. The van der Waals surface area contributed by atoms with Crippen LogP contribution in [0.5, 0.6) is 0 Å². The Bertz CT molecular complexity index is 170. The number of nitrogens with one attached hydrogen (secondary N) is 2. The molecule has 0 atom stereocenters. The number of halogens is 1. The van der Waals surface area contributed by atoms with Gasteiger partial charge in [-0.25, -0.2) is 0 Å². The molecule has 0 unspecified atom stereocenters. The van der Waals surface area contributed by atoms with Gasteiger partial charge in [-0.3, -0.25) is 15.7 Å². The first kappa shape index (κ1) is 19.0. The van der Waals surface area contributed by atoms with E-state index in [1.165, 1.54) is 0 Å². The Labute approximate surface area is 118 Å². The van der Waals surface area contributed by atoms with Crippen molar-refractivity contribution in [2.45, 2.75) is 19.8 Å². The van der Waals surface area contributed by atoms with Crippen LogP contribution in [0.3, 0.4) is 0 Å². The van der Waals surface area contributed by atoms with E-state index in [1.807, 2.05) is 0 Å². The van der Waals surface area contributed by atoms with Crippen molar-refractivity contribution in [2.75, 3.05) is 6.54 Å². The number of nitrogens with two attached hydrogens (primary N) is 2. The fourth-order valence-corrected chi connectivity index (χ4v) is 0.535. The van der Waals surface area contributed by atoms with E-state index in [0.29, 0.717) is 6.54 Å². The number of unbranched alkanes of at least 4 members (excludes halogenated alkanes) is 1. The van der Waals surface area contributed by atoms with E-state index in [2.05, 4.69) is 17.2 Å². The second-order valence-corrected chi connectivity index (χ2v) is 2.16. The molecule has 0 aromatic rings. The maximum absolute atomic E-state index is 6.81. The fourth-order valence-electron chi connectivity index (χ4n) is 0.535. The minimum atomic E-state index is -0.178. The summed E-state index contributed by atoms with van der Waals surface area (Å²) in [6.07, 6.45) is 2.08. The molecule has 5 nitrogen and oxygen atoms in total. The predicted molar refractivity (Wildman–Crippen MR) is 61.7 cm³/mol. The molecule has 13 heavy (non-hydrogen) atoms. The van der Waals surface area contributed by atoms with E-state index in [4.69, 9.17) is 16.9 Å². The van der Waals surface area contributed by atoms with Gasteiger partial charge in [0.2, 0.25) is 0 Å². The van der Waals surface area contributed by atoms with Crippen LogP contribution in [0.1, 0.15) is 22.6 Å². The van der Waals surface area contributed by atoms with Gasteiger partial charge in [0, 0.05) is 6.54 Å². The summed E-state index contributed by atoms with van der Waals surface area (Å²) < 4.78 is 0. The standard InChI is InChI=1S/C6H15N5.Ca.ClH.2H/c1-2-3-4-10-6(9)11-5(7)8;;;;/h2-4H2,1H3,(H6,7,8,9,10,11);;1H;;/q;+2;;2*-1. The van der Waals surface area contributed by atoms with Gasteiger partial charge in [-0.15, -0.1) is 12.4 Å². The molecule has 0 aromatic heterocycles. The van der Waals surface area contributed by atoms with Crippen LogP contribution in [0, 0.1) is 5.41 Å². The number of rotatable bonds is 3. The molecule has 76 valence electrons. The van der Waals surface area contributed by atoms with Crippen LogP contribution in [0.4, 0.5) is 0 Å². The summed E-state index contributed by atoms with van der Waals surface area (Å²) in [5, 5.41) is 9.20. The molecule has 0 rings (SSSR count). The monoisotopic (exact) mass is 235 g/mol.